The Hall–Kier alpha value is -2.08. The lowest BCUT2D eigenvalue weighted by molar-refractivity contribution is 0.178. The number of methoxy groups -OCH3 is 1. The third-order valence-corrected chi connectivity index (χ3v) is 2.13. The molecule has 2 aromatic rings. The molecule has 0 aliphatic carbocycles. The van der Waals surface area contributed by atoms with E-state index < -0.39 is 0 Å². The van der Waals surface area contributed by atoms with Gasteiger partial charge in [0.15, 0.2) is 5.82 Å². The maximum Gasteiger partial charge on any atom is 0.157 e. The van der Waals surface area contributed by atoms with Gasteiger partial charge in [-0.15, -0.1) is 0 Å². The Morgan fingerprint density at radius 2 is 2.12 bits per heavy atom. The van der Waals surface area contributed by atoms with Gasteiger partial charge in [-0.2, -0.15) is 0 Å². The van der Waals surface area contributed by atoms with Crippen LogP contribution in [0.2, 0.25) is 0 Å². The summed E-state index contributed by atoms with van der Waals surface area (Å²) < 4.78 is 5.03. The molecule has 0 saturated heterocycles. The molecule has 0 saturated carbocycles. The molecule has 0 unspecified atom stereocenters. The van der Waals surface area contributed by atoms with Gasteiger partial charge in [0.1, 0.15) is 18.1 Å². The maximum absolute atomic E-state index is 5.03. The first-order chi connectivity index (χ1) is 8.33. The van der Waals surface area contributed by atoms with Gasteiger partial charge in [-0.05, 0) is 0 Å². The zero-order valence-electron chi connectivity index (χ0n) is 9.71. The molecule has 17 heavy (non-hydrogen) atoms. The van der Waals surface area contributed by atoms with E-state index in [1.54, 1.807) is 32.7 Å². The van der Waals surface area contributed by atoms with Gasteiger partial charge >= 0.3 is 0 Å². The number of nitrogens with one attached hydrogen (secondary N) is 1. The third kappa shape index (κ3) is 2.73. The van der Waals surface area contributed by atoms with E-state index in [4.69, 9.17) is 4.74 Å². The van der Waals surface area contributed by atoms with Crippen molar-refractivity contribution in [1.82, 2.24) is 19.9 Å². The molecule has 0 amide bonds. The van der Waals surface area contributed by atoms with Gasteiger partial charge in [-0.25, -0.2) is 9.97 Å². The molecule has 0 spiro atoms. The smallest absolute Gasteiger partial charge is 0.157 e. The fourth-order valence-corrected chi connectivity index (χ4v) is 1.38. The van der Waals surface area contributed by atoms with Crippen LogP contribution in [0.4, 0.5) is 5.82 Å². The largest absolute Gasteiger partial charge is 0.377 e. The topological polar surface area (TPSA) is 72.8 Å². The van der Waals surface area contributed by atoms with Crippen LogP contribution in [-0.2, 0) is 11.3 Å². The Morgan fingerprint density at radius 1 is 1.24 bits per heavy atom. The fourth-order valence-electron chi connectivity index (χ4n) is 1.38. The van der Waals surface area contributed by atoms with Gasteiger partial charge in [0, 0.05) is 32.6 Å². The summed E-state index contributed by atoms with van der Waals surface area (Å²) in [4.78, 5) is 16.9. The molecule has 2 aromatic heterocycles. The van der Waals surface area contributed by atoms with E-state index in [9.17, 15) is 0 Å². The predicted molar refractivity (Wildman–Crippen MR) is 63.3 cm³/mol. The Morgan fingerprint density at radius 3 is 2.76 bits per heavy atom. The molecule has 0 aromatic carbocycles. The van der Waals surface area contributed by atoms with Crippen molar-refractivity contribution < 1.29 is 4.74 Å². The highest BCUT2D eigenvalue weighted by Gasteiger charge is 2.06. The van der Waals surface area contributed by atoms with Crippen LogP contribution < -0.4 is 5.32 Å². The second kappa shape index (κ2) is 5.31. The van der Waals surface area contributed by atoms with E-state index >= 15 is 0 Å². The van der Waals surface area contributed by atoms with Crippen molar-refractivity contribution in [2.75, 3.05) is 19.5 Å². The number of aromatic nitrogens is 4. The van der Waals surface area contributed by atoms with Gasteiger partial charge in [0.25, 0.3) is 0 Å². The van der Waals surface area contributed by atoms with Crippen LogP contribution in [0.25, 0.3) is 11.4 Å². The number of hydrogen-bond donors (Lipinski definition) is 1. The van der Waals surface area contributed by atoms with E-state index in [0.29, 0.717) is 18.1 Å². The van der Waals surface area contributed by atoms with Crippen molar-refractivity contribution in [3.05, 3.63) is 30.5 Å². The highest BCUT2D eigenvalue weighted by molar-refractivity contribution is 5.57. The molecule has 0 atom stereocenters. The summed E-state index contributed by atoms with van der Waals surface area (Å²) in [6, 6.07) is 1.82. The lowest BCUT2D eigenvalue weighted by atomic mass is 10.3. The second-order valence-corrected chi connectivity index (χ2v) is 3.33. The Labute approximate surface area is 99.1 Å². The van der Waals surface area contributed by atoms with Crippen molar-refractivity contribution >= 4 is 5.82 Å². The molecule has 0 fully saturated rings. The van der Waals surface area contributed by atoms with Crippen LogP contribution in [0.15, 0.2) is 24.7 Å². The third-order valence-electron chi connectivity index (χ3n) is 2.13. The predicted octanol–water partition coefficient (Wildman–Crippen LogP) is 1.12. The first kappa shape index (κ1) is 11.4. The van der Waals surface area contributed by atoms with Crippen LogP contribution in [0.1, 0.15) is 5.82 Å². The zero-order chi connectivity index (χ0) is 12.1. The number of hydrogen-bond acceptors (Lipinski definition) is 6. The Balaban J connectivity index is 2.43. The molecule has 6 heteroatoms. The average molecular weight is 231 g/mol. The molecule has 88 valence electrons. The highest BCUT2D eigenvalue weighted by atomic mass is 16.5. The van der Waals surface area contributed by atoms with Crippen LogP contribution in [0.5, 0.6) is 0 Å². The van der Waals surface area contributed by atoms with Crippen LogP contribution >= 0.6 is 0 Å². The van der Waals surface area contributed by atoms with Gasteiger partial charge in [0.05, 0.1) is 11.9 Å². The minimum Gasteiger partial charge on any atom is -0.377 e. The minimum absolute atomic E-state index is 0.364. The van der Waals surface area contributed by atoms with E-state index in [0.717, 1.165) is 11.5 Å². The number of nitrogens with zero attached hydrogens (tertiary/aromatic N) is 4. The number of rotatable bonds is 4. The second-order valence-electron chi connectivity index (χ2n) is 3.33. The lowest BCUT2D eigenvalue weighted by Gasteiger charge is -2.06. The molecular formula is C11H13N5O. The average Bonchev–Trinajstić information content (AvgIpc) is 2.40. The van der Waals surface area contributed by atoms with Gasteiger partial charge in [0.2, 0.25) is 0 Å². The van der Waals surface area contributed by atoms with E-state index in [2.05, 4.69) is 25.3 Å². The first-order valence-electron chi connectivity index (χ1n) is 5.14. The van der Waals surface area contributed by atoms with E-state index in [1.165, 1.54) is 0 Å². The lowest BCUT2D eigenvalue weighted by Crippen LogP contribution is -2.03. The Kier molecular flexibility index (Phi) is 3.56. The minimum atomic E-state index is 0.364. The highest BCUT2D eigenvalue weighted by Crippen LogP contribution is 2.16. The van der Waals surface area contributed by atoms with Crippen LogP contribution in [-0.4, -0.2) is 34.1 Å². The van der Waals surface area contributed by atoms with Crippen molar-refractivity contribution in [3.63, 3.8) is 0 Å². The molecule has 2 rings (SSSR count). The monoisotopic (exact) mass is 231 g/mol. The SMILES string of the molecule is CNc1cc(-c2cnccn2)nc(COC)n1. The standard InChI is InChI=1S/C11H13N5O/c1-12-10-5-8(9-6-13-3-4-14-9)15-11(16-10)7-17-2/h3-6H,7H2,1-2H3,(H,12,15,16). The molecular weight excluding hydrogens is 218 g/mol. The number of anilines is 1. The van der Waals surface area contributed by atoms with Crippen molar-refractivity contribution in [2.45, 2.75) is 6.61 Å². The number of ether oxygens (including phenoxy) is 1. The van der Waals surface area contributed by atoms with Gasteiger partial charge in [-0.1, -0.05) is 0 Å². The molecule has 0 bridgehead atoms. The summed E-state index contributed by atoms with van der Waals surface area (Å²) in [5, 5.41) is 2.98. The molecule has 0 aliphatic rings. The molecule has 6 nitrogen and oxygen atoms in total. The van der Waals surface area contributed by atoms with Crippen molar-refractivity contribution in [3.8, 4) is 11.4 Å². The van der Waals surface area contributed by atoms with Crippen LogP contribution in [0, 0.1) is 0 Å². The Bertz CT molecular complexity index is 488. The molecule has 1 N–H and O–H groups in total. The van der Waals surface area contributed by atoms with Gasteiger partial charge in [-0.3, -0.25) is 9.97 Å². The summed E-state index contributed by atoms with van der Waals surface area (Å²) in [6.45, 7) is 0.364. The van der Waals surface area contributed by atoms with Gasteiger partial charge < -0.3 is 10.1 Å². The first-order valence-corrected chi connectivity index (χ1v) is 5.14. The molecule has 2 heterocycles. The summed E-state index contributed by atoms with van der Waals surface area (Å²) in [7, 11) is 3.41. The summed E-state index contributed by atoms with van der Waals surface area (Å²) >= 11 is 0. The fraction of sp³-hybridized carbons (Fsp3) is 0.273. The zero-order valence-corrected chi connectivity index (χ0v) is 9.71. The van der Waals surface area contributed by atoms with E-state index in [-0.39, 0.29) is 0 Å². The summed E-state index contributed by atoms with van der Waals surface area (Å²) in [5.41, 5.74) is 1.44. The quantitative estimate of drug-likeness (QED) is 0.850. The van der Waals surface area contributed by atoms with Crippen LogP contribution in [0.3, 0.4) is 0 Å². The maximum atomic E-state index is 5.03. The van der Waals surface area contributed by atoms with E-state index in [1.807, 2.05) is 6.07 Å². The summed E-state index contributed by atoms with van der Waals surface area (Å²) in [6.07, 6.45) is 4.92. The normalized spacial score (nSPS) is 10.2. The molecule has 0 radical (unpaired) electrons. The molecule has 0 aliphatic heterocycles. The van der Waals surface area contributed by atoms with Crippen molar-refractivity contribution in [2.24, 2.45) is 0 Å². The van der Waals surface area contributed by atoms with Crippen molar-refractivity contribution in [1.29, 1.82) is 0 Å². The summed E-state index contributed by atoms with van der Waals surface area (Å²) in [5.74, 6) is 1.34.